The standard InChI is InChI=1S/C19H29NO6/c1-19(2,3)26-18(24)20-14(17(22)23)9-15(21)25-16-12-5-10-4-11(7-12)8-13(16)6-10/h10-14,16H,4-9H2,1-3H3,(H,20,24)(H,22,23)/t10?,11?,12?,13?,14-,16?/m0/s1. The van der Waals surface area contributed by atoms with Gasteiger partial charge < -0.3 is 19.9 Å². The van der Waals surface area contributed by atoms with Crippen molar-refractivity contribution >= 4 is 18.0 Å². The molecule has 0 aromatic rings. The van der Waals surface area contributed by atoms with E-state index in [1.165, 1.54) is 6.42 Å². The number of carbonyl (C=O) groups excluding carboxylic acids is 2. The predicted octanol–water partition coefficient (Wildman–Crippen LogP) is 2.72. The van der Waals surface area contributed by atoms with Crippen molar-refractivity contribution in [1.29, 1.82) is 0 Å². The van der Waals surface area contributed by atoms with E-state index >= 15 is 0 Å². The van der Waals surface area contributed by atoms with Gasteiger partial charge in [0.2, 0.25) is 0 Å². The molecule has 4 aliphatic carbocycles. The van der Waals surface area contributed by atoms with Crippen LogP contribution < -0.4 is 5.32 Å². The number of alkyl carbamates (subject to hydrolysis) is 1. The first kappa shape index (κ1) is 19.0. The fourth-order valence-electron chi connectivity index (χ4n) is 5.08. The number of esters is 1. The van der Waals surface area contributed by atoms with E-state index < -0.39 is 36.1 Å². The fourth-order valence-corrected chi connectivity index (χ4v) is 5.08. The largest absolute Gasteiger partial charge is 0.480 e. The van der Waals surface area contributed by atoms with Crippen LogP contribution in [0.5, 0.6) is 0 Å². The molecule has 26 heavy (non-hydrogen) atoms. The average Bonchev–Trinajstić information content (AvgIpc) is 2.47. The van der Waals surface area contributed by atoms with Crippen LogP contribution in [0.3, 0.4) is 0 Å². The van der Waals surface area contributed by atoms with Gasteiger partial charge in [0.25, 0.3) is 0 Å². The van der Waals surface area contributed by atoms with E-state index in [4.69, 9.17) is 9.47 Å². The number of ether oxygens (including phenoxy) is 2. The van der Waals surface area contributed by atoms with Crippen molar-refractivity contribution in [2.75, 3.05) is 0 Å². The van der Waals surface area contributed by atoms with Gasteiger partial charge >= 0.3 is 18.0 Å². The van der Waals surface area contributed by atoms with Crippen molar-refractivity contribution in [3.8, 4) is 0 Å². The van der Waals surface area contributed by atoms with Crippen LogP contribution in [-0.2, 0) is 19.1 Å². The Hall–Kier alpha value is -1.79. The van der Waals surface area contributed by atoms with Crippen molar-refractivity contribution in [3.05, 3.63) is 0 Å². The van der Waals surface area contributed by atoms with Gasteiger partial charge in [0.05, 0.1) is 6.42 Å². The number of aliphatic carboxylic acids is 1. The van der Waals surface area contributed by atoms with Gasteiger partial charge in [-0.1, -0.05) is 0 Å². The first-order valence-corrected chi connectivity index (χ1v) is 9.52. The SMILES string of the molecule is CC(C)(C)OC(=O)N[C@@H](CC(=O)OC1C2CC3CC(C2)CC1C3)C(=O)O. The highest BCUT2D eigenvalue weighted by Crippen LogP contribution is 2.54. The number of hydrogen-bond donors (Lipinski definition) is 2. The molecule has 4 fully saturated rings. The first-order chi connectivity index (χ1) is 12.1. The van der Waals surface area contributed by atoms with Gasteiger partial charge in [-0.25, -0.2) is 9.59 Å². The van der Waals surface area contributed by atoms with Crippen LogP contribution in [0.25, 0.3) is 0 Å². The number of carbonyl (C=O) groups is 3. The molecule has 0 radical (unpaired) electrons. The third-order valence-electron chi connectivity index (χ3n) is 5.77. The van der Waals surface area contributed by atoms with E-state index in [9.17, 15) is 19.5 Å². The lowest BCUT2D eigenvalue weighted by molar-refractivity contribution is -0.172. The molecule has 4 saturated carbocycles. The Morgan fingerprint density at radius 1 is 1.04 bits per heavy atom. The molecule has 4 rings (SSSR count). The monoisotopic (exact) mass is 367 g/mol. The molecule has 1 amide bonds. The Labute approximate surface area is 153 Å². The van der Waals surface area contributed by atoms with Gasteiger partial charge in [-0.05, 0) is 76.5 Å². The molecule has 2 N–H and O–H groups in total. The van der Waals surface area contributed by atoms with E-state index in [0.29, 0.717) is 11.8 Å². The molecular weight excluding hydrogens is 338 g/mol. The van der Waals surface area contributed by atoms with Crippen LogP contribution in [0, 0.1) is 23.7 Å². The highest BCUT2D eigenvalue weighted by Gasteiger charge is 2.50. The summed E-state index contributed by atoms with van der Waals surface area (Å²) in [6.07, 6.45) is 4.44. The van der Waals surface area contributed by atoms with Crippen LogP contribution in [0.2, 0.25) is 0 Å². The van der Waals surface area contributed by atoms with Crippen molar-refractivity contribution in [2.45, 2.75) is 77.0 Å². The molecule has 0 aliphatic heterocycles. The van der Waals surface area contributed by atoms with Gasteiger partial charge in [0.1, 0.15) is 17.7 Å². The van der Waals surface area contributed by atoms with Gasteiger partial charge in [-0.2, -0.15) is 0 Å². The number of carboxylic acids is 1. The van der Waals surface area contributed by atoms with Gasteiger partial charge in [0, 0.05) is 0 Å². The Balaban J connectivity index is 1.53. The van der Waals surface area contributed by atoms with Crippen LogP contribution in [-0.4, -0.2) is 40.9 Å². The van der Waals surface area contributed by atoms with Crippen molar-refractivity contribution in [1.82, 2.24) is 5.32 Å². The minimum absolute atomic E-state index is 0.0914. The summed E-state index contributed by atoms with van der Waals surface area (Å²) in [6.45, 7) is 5.05. The molecule has 0 aromatic carbocycles. The summed E-state index contributed by atoms with van der Waals surface area (Å²) in [5, 5.41) is 11.5. The molecular formula is C19H29NO6. The Bertz CT molecular complexity index is 553. The maximum atomic E-state index is 12.3. The summed E-state index contributed by atoms with van der Waals surface area (Å²) < 4.78 is 10.8. The predicted molar refractivity (Wildman–Crippen MR) is 92.3 cm³/mol. The third-order valence-corrected chi connectivity index (χ3v) is 5.77. The van der Waals surface area contributed by atoms with Gasteiger partial charge in [-0.3, -0.25) is 4.79 Å². The maximum absolute atomic E-state index is 12.3. The van der Waals surface area contributed by atoms with Gasteiger partial charge in [0.15, 0.2) is 0 Å². The summed E-state index contributed by atoms with van der Waals surface area (Å²) in [7, 11) is 0. The summed E-state index contributed by atoms with van der Waals surface area (Å²) in [4.78, 5) is 35.5. The minimum atomic E-state index is -1.35. The molecule has 146 valence electrons. The lowest BCUT2D eigenvalue weighted by atomic mass is 9.55. The molecule has 0 unspecified atom stereocenters. The van der Waals surface area contributed by atoms with Gasteiger partial charge in [-0.15, -0.1) is 0 Å². The maximum Gasteiger partial charge on any atom is 0.408 e. The van der Waals surface area contributed by atoms with E-state index in [0.717, 1.165) is 37.5 Å². The molecule has 0 saturated heterocycles. The van der Waals surface area contributed by atoms with Crippen LogP contribution in [0.1, 0.15) is 59.3 Å². The Kier molecular flexibility index (Phi) is 5.17. The minimum Gasteiger partial charge on any atom is -0.480 e. The van der Waals surface area contributed by atoms with Crippen molar-refractivity contribution in [3.63, 3.8) is 0 Å². The zero-order chi connectivity index (χ0) is 19.1. The lowest BCUT2D eigenvalue weighted by Crippen LogP contribution is -2.51. The molecule has 0 spiro atoms. The normalized spacial score (nSPS) is 33.4. The highest BCUT2D eigenvalue weighted by molar-refractivity contribution is 5.85. The van der Waals surface area contributed by atoms with Crippen LogP contribution >= 0.6 is 0 Å². The van der Waals surface area contributed by atoms with E-state index in [-0.39, 0.29) is 6.10 Å². The average molecular weight is 367 g/mol. The Morgan fingerprint density at radius 3 is 2.04 bits per heavy atom. The van der Waals surface area contributed by atoms with Crippen molar-refractivity contribution in [2.24, 2.45) is 23.7 Å². The van der Waals surface area contributed by atoms with Crippen LogP contribution in [0.4, 0.5) is 4.79 Å². The number of rotatable bonds is 5. The smallest absolute Gasteiger partial charge is 0.408 e. The molecule has 7 nitrogen and oxygen atoms in total. The fraction of sp³-hybridized carbons (Fsp3) is 0.842. The topological polar surface area (TPSA) is 102 Å². The van der Waals surface area contributed by atoms with E-state index in [2.05, 4.69) is 5.32 Å². The number of carboxylic acid groups (broad SMARTS) is 1. The second-order valence-electron chi connectivity index (χ2n) is 9.13. The van der Waals surface area contributed by atoms with E-state index in [1.54, 1.807) is 20.8 Å². The Morgan fingerprint density at radius 2 is 1.58 bits per heavy atom. The molecule has 7 heteroatoms. The van der Waals surface area contributed by atoms with E-state index in [1.807, 2.05) is 0 Å². The summed E-state index contributed by atoms with van der Waals surface area (Å²) in [6, 6.07) is -1.35. The zero-order valence-electron chi connectivity index (χ0n) is 15.7. The number of nitrogens with one attached hydrogen (secondary N) is 1. The summed E-state index contributed by atoms with van der Waals surface area (Å²) in [5.74, 6) is 0.527. The molecule has 4 aliphatic rings. The van der Waals surface area contributed by atoms with Crippen LogP contribution in [0.15, 0.2) is 0 Å². The molecule has 1 atom stereocenters. The summed E-state index contributed by atoms with van der Waals surface area (Å²) >= 11 is 0. The summed E-state index contributed by atoms with van der Waals surface area (Å²) in [5.41, 5.74) is -0.742. The lowest BCUT2D eigenvalue weighted by Gasteiger charge is -2.53. The third kappa shape index (κ3) is 4.48. The molecule has 4 bridgehead atoms. The molecule has 0 heterocycles. The second kappa shape index (κ2) is 7.08. The number of hydrogen-bond acceptors (Lipinski definition) is 5. The highest BCUT2D eigenvalue weighted by atomic mass is 16.6. The second-order valence-corrected chi connectivity index (χ2v) is 9.13. The first-order valence-electron chi connectivity index (χ1n) is 9.52. The quantitative estimate of drug-likeness (QED) is 0.725. The molecule has 0 aromatic heterocycles. The zero-order valence-corrected chi connectivity index (χ0v) is 15.7. The van der Waals surface area contributed by atoms with Crippen molar-refractivity contribution < 1.29 is 29.0 Å². The number of amides is 1.